The van der Waals surface area contributed by atoms with E-state index in [0.717, 1.165) is 19.0 Å². The van der Waals surface area contributed by atoms with E-state index in [1.165, 1.54) is 15.7 Å². The molecule has 0 N–H and O–H groups in total. The largest absolute Gasteiger partial charge is 0.495 e. The van der Waals surface area contributed by atoms with E-state index in [9.17, 15) is 4.79 Å². The topological polar surface area (TPSA) is 56.5 Å². The third-order valence-electron chi connectivity index (χ3n) is 3.58. The predicted molar refractivity (Wildman–Crippen MR) is 110 cm³/mol. The number of hydrogen-bond donors (Lipinski definition) is 0. The molecule has 4 aromatic rings. The second-order valence-electron chi connectivity index (χ2n) is 5.15. The van der Waals surface area contributed by atoms with E-state index in [2.05, 4.69) is 57.8 Å². The highest BCUT2D eigenvalue weighted by molar-refractivity contribution is 9.11. The first-order valence-corrected chi connectivity index (χ1v) is 10.2. The van der Waals surface area contributed by atoms with Gasteiger partial charge in [0.05, 0.1) is 16.1 Å². The zero-order chi connectivity index (χ0) is 17.7. The molecule has 0 radical (unpaired) electrons. The Morgan fingerprint density at radius 1 is 1.20 bits per heavy atom. The van der Waals surface area contributed by atoms with Crippen molar-refractivity contribution in [1.82, 2.24) is 14.4 Å². The van der Waals surface area contributed by atoms with Crippen molar-refractivity contribution in [2.45, 2.75) is 0 Å². The average molecular weight is 546 g/mol. The van der Waals surface area contributed by atoms with Gasteiger partial charge in [0.15, 0.2) is 10.6 Å². The van der Waals surface area contributed by atoms with Crippen LogP contribution in [0.15, 0.2) is 42.6 Å². The van der Waals surface area contributed by atoms with Crippen LogP contribution in [-0.2, 0) is 0 Å². The van der Waals surface area contributed by atoms with Crippen LogP contribution in [0.25, 0.3) is 22.2 Å². The molecule has 9 heteroatoms. The molecule has 0 aliphatic heterocycles. The molecule has 0 fully saturated rings. The van der Waals surface area contributed by atoms with E-state index < -0.39 is 0 Å². The third kappa shape index (κ3) is 2.92. The summed E-state index contributed by atoms with van der Waals surface area (Å²) in [5, 5.41) is 0. The Morgan fingerprint density at radius 3 is 2.76 bits per heavy atom. The van der Waals surface area contributed by atoms with Crippen molar-refractivity contribution in [2.75, 3.05) is 7.11 Å². The molecule has 3 heterocycles. The normalized spacial score (nSPS) is 12.4. The van der Waals surface area contributed by atoms with Crippen molar-refractivity contribution in [3.63, 3.8) is 0 Å². The maximum atomic E-state index is 12.8. The molecule has 0 aliphatic carbocycles. The van der Waals surface area contributed by atoms with Gasteiger partial charge in [-0.3, -0.25) is 4.79 Å². The van der Waals surface area contributed by atoms with Crippen LogP contribution in [0.4, 0.5) is 0 Å². The maximum Gasteiger partial charge on any atom is 0.276 e. The highest BCUT2D eigenvalue weighted by atomic mass is 79.9. The van der Waals surface area contributed by atoms with Crippen LogP contribution in [0.5, 0.6) is 5.75 Å². The molecule has 0 aliphatic rings. The fourth-order valence-electron chi connectivity index (χ4n) is 2.56. The maximum absolute atomic E-state index is 12.8. The first kappa shape index (κ1) is 17.1. The van der Waals surface area contributed by atoms with Gasteiger partial charge in [-0.1, -0.05) is 27.3 Å². The molecule has 126 valence electrons. The number of halogens is 3. The molecular formula is C16H8Br3N3O2S. The summed E-state index contributed by atoms with van der Waals surface area (Å²) < 4.78 is 10.1. The van der Waals surface area contributed by atoms with Crippen molar-refractivity contribution in [2.24, 2.45) is 0 Å². The summed E-state index contributed by atoms with van der Waals surface area (Å²) in [6, 6.07) is 5.64. The number of imidazole rings is 1. The second-order valence-corrected chi connectivity index (χ2v) is 8.85. The van der Waals surface area contributed by atoms with E-state index in [4.69, 9.17) is 4.74 Å². The number of hydrogen-bond acceptors (Lipinski definition) is 5. The first-order valence-electron chi connectivity index (χ1n) is 6.99. The minimum Gasteiger partial charge on any atom is -0.495 e. The number of rotatable bonds is 2. The lowest BCUT2D eigenvalue weighted by molar-refractivity contribution is 0.411. The van der Waals surface area contributed by atoms with Gasteiger partial charge in [-0.15, -0.1) is 0 Å². The first-order chi connectivity index (χ1) is 12.0. The fourth-order valence-corrected chi connectivity index (χ4v) is 5.26. The zero-order valence-electron chi connectivity index (χ0n) is 12.6. The summed E-state index contributed by atoms with van der Waals surface area (Å²) >= 11 is 11.6. The molecule has 0 atom stereocenters. The molecule has 0 saturated heterocycles. The smallest absolute Gasteiger partial charge is 0.276 e. The van der Waals surface area contributed by atoms with Crippen LogP contribution in [0, 0.1) is 0 Å². The van der Waals surface area contributed by atoms with Crippen molar-refractivity contribution < 1.29 is 4.74 Å². The van der Waals surface area contributed by atoms with Gasteiger partial charge < -0.3 is 4.74 Å². The van der Waals surface area contributed by atoms with Crippen molar-refractivity contribution in [3.8, 4) is 5.75 Å². The highest BCUT2D eigenvalue weighted by Gasteiger charge is 2.14. The second kappa shape index (κ2) is 6.46. The third-order valence-corrected chi connectivity index (χ3v) is 6.03. The summed E-state index contributed by atoms with van der Waals surface area (Å²) in [7, 11) is 1.60. The Kier molecular flexibility index (Phi) is 4.43. The van der Waals surface area contributed by atoms with Gasteiger partial charge in [-0.25, -0.2) is 14.4 Å². The molecule has 25 heavy (non-hydrogen) atoms. The van der Waals surface area contributed by atoms with Gasteiger partial charge in [0.25, 0.3) is 5.56 Å². The van der Waals surface area contributed by atoms with Crippen LogP contribution in [0.1, 0.15) is 5.56 Å². The number of ether oxygens (including phenoxy) is 1. The fraction of sp³-hybridized carbons (Fsp3) is 0.0625. The number of pyridine rings is 1. The monoisotopic (exact) mass is 543 g/mol. The Bertz CT molecular complexity index is 1250. The number of fused-ring (bicyclic) bond motifs is 3. The van der Waals surface area contributed by atoms with Gasteiger partial charge in [0.2, 0.25) is 0 Å². The van der Waals surface area contributed by atoms with E-state index >= 15 is 0 Å². The van der Waals surface area contributed by atoms with Crippen LogP contribution in [-0.4, -0.2) is 21.5 Å². The molecule has 0 bridgehead atoms. The van der Waals surface area contributed by atoms with Crippen LogP contribution in [0.2, 0.25) is 0 Å². The molecule has 3 aromatic heterocycles. The average Bonchev–Trinajstić information content (AvgIpc) is 3.03. The van der Waals surface area contributed by atoms with Crippen molar-refractivity contribution in [1.29, 1.82) is 0 Å². The SMILES string of the molecule is COc1c(Br)cc(Br)cc1C=c1sc2nc3cc(Br)cnc3n2c1=O. The predicted octanol–water partition coefficient (Wildman–Crippen LogP) is 4.15. The Hall–Kier alpha value is -1.29. The molecule has 1 aromatic carbocycles. The minimum atomic E-state index is -0.143. The van der Waals surface area contributed by atoms with Gasteiger partial charge >= 0.3 is 0 Å². The van der Waals surface area contributed by atoms with Gasteiger partial charge in [0.1, 0.15) is 11.3 Å². The minimum absolute atomic E-state index is 0.143. The lowest BCUT2D eigenvalue weighted by atomic mass is 10.2. The zero-order valence-corrected chi connectivity index (χ0v) is 18.2. The Labute approximate surface area is 170 Å². The van der Waals surface area contributed by atoms with Gasteiger partial charge in [-0.05, 0) is 56.1 Å². The molecule has 5 nitrogen and oxygen atoms in total. The molecule has 0 unspecified atom stereocenters. The Balaban J connectivity index is 2.01. The summed E-state index contributed by atoms with van der Waals surface area (Å²) in [4.78, 5) is 22.3. The molecule has 0 spiro atoms. The quantitative estimate of drug-likeness (QED) is 0.380. The highest BCUT2D eigenvalue weighted by Crippen LogP contribution is 2.33. The molecular weight excluding hydrogens is 538 g/mol. The van der Waals surface area contributed by atoms with Crippen LogP contribution >= 0.6 is 59.1 Å². The lowest BCUT2D eigenvalue weighted by Gasteiger charge is -2.07. The molecule has 4 rings (SSSR count). The van der Waals surface area contributed by atoms with Crippen LogP contribution in [0.3, 0.4) is 0 Å². The summed E-state index contributed by atoms with van der Waals surface area (Å²) in [6.07, 6.45) is 3.46. The number of thiazole rings is 1. The van der Waals surface area contributed by atoms with Crippen LogP contribution < -0.4 is 14.8 Å². The Morgan fingerprint density at radius 2 is 2.00 bits per heavy atom. The van der Waals surface area contributed by atoms with Crippen molar-refractivity contribution >= 4 is 81.3 Å². The van der Waals surface area contributed by atoms with E-state index in [1.54, 1.807) is 19.4 Å². The summed E-state index contributed by atoms with van der Waals surface area (Å²) in [5.74, 6) is 0.667. The summed E-state index contributed by atoms with van der Waals surface area (Å²) in [5.41, 5.74) is 1.90. The number of methoxy groups -OCH3 is 1. The molecule has 0 amide bonds. The lowest BCUT2D eigenvalue weighted by Crippen LogP contribution is -2.23. The number of nitrogens with zero attached hydrogens (tertiary/aromatic N) is 3. The standard InChI is InChI=1S/C16H8Br3N3O2S/c1-24-13-7(2-8(17)4-10(13)19)3-12-15(23)22-14-11(21-16(22)25-12)5-9(18)6-20-14/h2-6H,1H3. The summed E-state index contributed by atoms with van der Waals surface area (Å²) in [6.45, 7) is 0. The van der Waals surface area contributed by atoms with Gasteiger partial charge in [0, 0.05) is 20.7 Å². The number of aromatic nitrogens is 3. The number of benzene rings is 1. The van der Waals surface area contributed by atoms with Gasteiger partial charge in [-0.2, -0.15) is 0 Å². The van der Waals surface area contributed by atoms with Crippen molar-refractivity contribution in [3.05, 3.63) is 58.3 Å². The molecule has 0 saturated carbocycles. The van der Waals surface area contributed by atoms with E-state index in [0.29, 0.717) is 26.4 Å². The van der Waals surface area contributed by atoms with E-state index in [-0.39, 0.29) is 5.56 Å². The van der Waals surface area contributed by atoms with E-state index in [1.807, 2.05) is 18.2 Å².